The molecule has 0 spiro atoms. The molecule has 4 heterocycles. The third-order valence-corrected chi connectivity index (χ3v) is 7.47. The van der Waals surface area contributed by atoms with E-state index >= 15 is 0 Å². The number of amides is 1. The summed E-state index contributed by atoms with van der Waals surface area (Å²) in [4.78, 5) is 30.6. The number of H-pyrrole nitrogens is 1. The first-order valence-corrected chi connectivity index (χ1v) is 13.8. The molecule has 1 aliphatic heterocycles. The number of para-hydroxylation sites is 1. The molecule has 10 nitrogen and oxygen atoms in total. The molecule has 4 N–H and O–H groups in total. The second-order valence-corrected chi connectivity index (χ2v) is 12.0. The number of aromatic nitrogens is 4. The first-order chi connectivity index (χ1) is 16.8. The predicted octanol–water partition coefficient (Wildman–Crippen LogP) is 2.97. The minimum absolute atomic E-state index is 0.282. The van der Waals surface area contributed by atoms with Crippen LogP contribution in [0.5, 0.6) is 0 Å². The van der Waals surface area contributed by atoms with Crippen molar-refractivity contribution < 1.29 is 14.5 Å². The third kappa shape index (κ3) is 4.76. The van der Waals surface area contributed by atoms with Gasteiger partial charge in [-0.25, -0.2) is 9.97 Å². The van der Waals surface area contributed by atoms with Crippen LogP contribution in [0.2, 0.25) is 0 Å². The number of hydrogen-bond donors (Lipinski definition) is 4. The van der Waals surface area contributed by atoms with E-state index in [1.807, 2.05) is 42.5 Å². The van der Waals surface area contributed by atoms with Crippen LogP contribution in [0.3, 0.4) is 0 Å². The summed E-state index contributed by atoms with van der Waals surface area (Å²) in [5, 5.41) is 16.4. The van der Waals surface area contributed by atoms with Gasteiger partial charge in [0.2, 0.25) is 11.9 Å². The Balaban J connectivity index is 1.44. The first kappa shape index (κ1) is 23.0. The number of pyridine rings is 1. The Bertz CT molecular complexity index is 1460. The van der Waals surface area contributed by atoms with Crippen LogP contribution in [0.1, 0.15) is 11.3 Å². The molecule has 11 heteroatoms. The first-order valence-electron chi connectivity index (χ1n) is 11.2. The van der Waals surface area contributed by atoms with Crippen LogP contribution in [0, 0.1) is 0 Å². The van der Waals surface area contributed by atoms with E-state index in [1.54, 1.807) is 24.4 Å². The van der Waals surface area contributed by atoms with Gasteiger partial charge in [0.25, 0.3) is 0 Å². The van der Waals surface area contributed by atoms with Crippen LogP contribution in [-0.4, -0.2) is 62.3 Å². The lowest BCUT2D eigenvalue weighted by Crippen LogP contribution is -2.37. The van der Waals surface area contributed by atoms with Gasteiger partial charge in [-0.15, -0.1) is 0 Å². The fourth-order valence-electron chi connectivity index (χ4n) is 4.18. The molecule has 3 aromatic heterocycles. The van der Waals surface area contributed by atoms with Gasteiger partial charge in [0, 0.05) is 36.7 Å². The monoisotopic (exact) mass is 491 g/mol. The summed E-state index contributed by atoms with van der Waals surface area (Å²) in [5.74, 6) is 1.24. The summed E-state index contributed by atoms with van der Waals surface area (Å²) in [6, 6.07) is 13.1. The maximum Gasteiger partial charge on any atom is 0.248 e. The molecule has 35 heavy (non-hydrogen) atoms. The van der Waals surface area contributed by atoms with E-state index in [0.717, 1.165) is 33.3 Å². The lowest BCUT2D eigenvalue weighted by atomic mass is 10.1. The van der Waals surface area contributed by atoms with Gasteiger partial charge in [-0.1, -0.05) is 18.2 Å². The number of nitrogens with zero attached hydrogens (tertiary/aromatic N) is 4. The van der Waals surface area contributed by atoms with Gasteiger partial charge in [0.1, 0.15) is 25.1 Å². The Labute approximate surface area is 202 Å². The van der Waals surface area contributed by atoms with E-state index in [0.29, 0.717) is 37.1 Å². The number of aliphatic hydroxyl groups is 1. The number of aliphatic hydroxyl groups excluding tert-OH is 1. The fraction of sp³-hybridized carbons (Fsp3) is 0.250. The van der Waals surface area contributed by atoms with Gasteiger partial charge in [-0.3, -0.25) is 4.79 Å². The molecular formula is C24H26N7O3P. The second-order valence-electron chi connectivity index (χ2n) is 8.78. The predicted molar refractivity (Wildman–Crippen MR) is 136 cm³/mol. The number of anilines is 4. The minimum Gasteiger partial charge on any atom is -0.387 e. The van der Waals surface area contributed by atoms with E-state index in [9.17, 15) is 9.36 Å². The smallest absolute Gasteiger partial charge is 0.248 e. The van der Waals surface area contributed by atoms with Crippen LogP contribution in [0.4, 0.5) is 23.3 Å². The second kappa shape index (κ2) is 9.13. The van der Waals surface area contributed by atoms with E-state index in [2.05, 4.69) is 25.6 Å². The summed E-state index contributed by atoms with van der Waals surface area (Å²) in [7, 11) is -2.51. The molecular weight excluding hydrogens is 465 g/mol. The highest BCUT2D eigenvalue weighted by molar-refractivity contribution is 7.70. The topological polar surface area (TPSA) is 136 Å². The number of hydrogen-bond acceptors (Lipinski definition) is 8. The third-order valence-electron chi connectivity index (χ3n) is 5.92. The van der Waals surface area contributed by atoms with Crippen molar-refractivity contribution in [1.82, 2.24) is 24.8 Å². The van der Waals surface area contributed by atoms with Crippen LogP contribution >= 0.6 is 7.14 Å². The zero-order valence-corrected chi connectivity index (χ0v) is 20.3. The number of carbonyl (C=O) groups excluding carboxylic acids is 1. The van der Waals surface area contributed by atoms with Gasteiger partial charge >= 0.3 is 0 Å². The SMILES string of the molecule is CP(C)(=O)c1ccccc1Nc1nc(Nc2ccc3c(n2)CCN(C(=O)CO)C3)nc2cc[nH]c12. The van der Waals surface area contributed by atoms with Crippen molar-refractivity contribution in [2.24, 2.45) is 0 Å². The maximum absolute atomic E-state index is 12.8. The lowest BCUT2D eigenvalue weighted by molar-refractivity contribution is -0.135. The summed E-state index contributed by atoms with van der Waals surface area (Å²) < 4.78 is 12.8. The molecule has 0 saturated heterocycles. The molecule has 1 aromatic carbocycles. The summed E-state index contributed by atoms with van der Waals surface area (Å²) in [6.45, 7) is 3.94. The Morgan fingerprint density at radius 3 is 2.74 bits per heavy atom. The van der Waals surface area contributed by atoms with E-state index in [-0.39, 0.29) is 5.91 Å². The number of carbonyl (C=O) groups is 1. The van der Waals surface area contributed by atoms with Crippen molar-refractivity contribution >= 4 is 52.7 Å². The van der Waals surface area contributed by atoms with Crippen molar-refractivity contribution in [2.75, 3.05) is 37.1 Å². The highest BCUT2D eigenvalue weighted by Crippen LogP contribution is 2.38. The average Bonchev–Trinajstić information content (AvgIpc) is 3.32. The maximum atomic E-state index is 12.8. The average molecular weight is 491 g/mol. The van der Waals surface area contributed by atoms with Gasteiger partial charge < -0.3 is 30.2 Å². The number of rotatable bonds is 6. The molecule has 0 bridgehead atoms. The Morgan fingerprint density at radius 1 is 1.11 bits per heavy atom. The minimum atomic E-state index is -2.51. The molecule has 0 atom stereocenters. The van der Waals surface area contributed by atoms with Crippen molar-refractivity contribution in [1.29, 1.82) is 0 Å². The summed E-state index contributed by atoms with van der Waals surface area (Å²) >= 11 is 0. The van der Waals surface area contributed by atoms with Crippen LogP contribution < -0.4 is 15.9 Å². The Hall–Kier alpha value is -3.75. The van der Waals surface area contributed by atoms with E-state index in [1.165, 1.54) is 0 Å². The molecule has 180 valence electrons. The number of nitrogens with one attached hydrogen (secondary N) is 3. The number of aromatic amines is 1. The normalized spacial score (nSPS) is 13.5. The lowest BCUT2D eigenvalue weighted by Gasteiger charge is -2.28. The Kier molecular flexibility index (Phi) is 6.00. The van der Waals surface area contributed by atoms with Crippen LogP contribution in [0.25, 0.3) is 11.0 Å². The largest absolute Gasteiger partial charge is 0.387 e. The van der Waals surface area contributed by atoms with Crippen molar-refractivity contribution in [2.45, 2.75) is 13.0 Å². The standard InChI is InChI=1S/C24H26N7O3P/c1-35(2,34)19-6-4-3-5-17(19)27-23-22-18(9-11-25-22)28-24(30-23)29-20-8-7-15-13-31(21(33)14-32)12-10-16(15)26-20/h3-9,11,25,32H,10,12-14H2,1-2H3,(H2,26,27,28,29,30). The van der Waals surface area contributed by atoms with Crippen LogP contribution in [0.15, 0.2) is 48.7 Å². The molecule has 4 aromatic rings. The number of fused-ring (bicyclic) bond motifs is 2. The van der Waals surface area contributed by atoms with Crippen molar-refractivity contribution in [3.05, 3.63) is 59.9 Å². The molecule has 0 aliphatic carbocycles. The Morgan fingerprint density at radius 2 is 1.94 bits per heavy atom. The van der Waals surface area contributed by atoms with Gasteiger partial charge in [-0.05, 0) is 43.2 Å². The summed E-state index contributed by atoms with van der Waals surface area (Å²) in [5.41, 5.74) is 4.03. The highest BCUT2D eigenvalue weighted by atomic mass is 31.2. The van der Waals surface area contributed by atoms with Crippen molar-refractivity contribution in [3.63, 3.8) is 0 Å². The molecule has 0 saturated carbocycles. The molecule has 0 unspecified atom stereocenters. The van der Waals surface area contributed by atoms with Crippen molar-refractivity contribution in [3.8, 4) is 0 Å². The van der Waals surface area contributed by atoms with E-state index < -0.39 is 13.7 Å². The zero-order valence-electron chi connectivity index (χ0n) is 19.4. The quantitative estimate of drug-likeness (QED) is 0.302. The number of benzene rings is 1. The van der Waals surface area contributed by atoms with Gasteiger partial charge in [-0.2, -0.15) is 4.98 Å². The molecule has 5 rings (SSSR count). The van der Waals surface area contributed by atoms with Crippen LogP contribution in [-0.2, 0) is 22.3 Å². The molecule has 1 amide bonds. The molecule has 0 fully saturated rings. The van der Waals surface area contributed by atoms with Gasteiger partial charge in [0.05, 0.1) is 11.2 Å². The van der Waals surface area contributed by atoms with E-state index in [4.69, 9.17) is 10.1 Å². The van der Waals surface area contributed by atoms with Gasteiger partial charge in [0.15, 0.2) is 5.82 Å². The zero-order chi connectivity index (χ0) is 24.6. The molecule has 1 aliphatic rings. The highest BCUT2D eigenvalue weighted by Gasteiger charge is 2.22. The fourth-order valence-corrected chi connectivity index (χ4v) is 5.34. The summed E-state index contributed by atoms with van der Waals surface area (Å²) in [6.07, 6.45) is 2.40. The molecule has 0 radical (unpaired) electrons.